The van der Waals surface area contributed by atoms with Crippen molar-refractivity contribution in [3.8, 4) is 0 Å². The minimum Gasteiger partial charge on any atom is -0.483 e. The van der Waals surface area contributed by atoms with Crippen LogP contribution in [0.3, 0.4) is 0 Å². The predicted molar refractivity (Wildman–Crippen MR) is 108 cm³/mol. The lowest BCUT2D eigenvalue weighted by Gasteiger charge is -2.20. The average Bonchev–Trinajstić information content (AvgIpc) is 3.13. The molecular weight excluding hydrogens is 358 g/mol. The SMILES string of the molecule is CCCCCNC(=O)N[C@H]1COC[C@H]1Cc1ccnc2ccccc12.O=CO. The molecule has 152 valence electrons. The first-order chi connectivity index (χ1) is 13.7. The van der Waals surface area contributed by atoms with E-state index >= 15 is 0 Å². The molecule has 0 radical (unpaired) electrons. The maximum Gasteiger partial charge on any atom is 0.315 e. The van der Waals surface area contributed by atoms with Gasteiger partial charge in [-0.25, -0.2) is 4.79 Å². The Balaban J connectivity index is 0.000000878. The molecule has 2 heterocycles. The van der Waals surface area contributed by atoms with E-state index in [9.17, 15) is 4.79 Å². The van der Waals surface area contributed by atoms with Crippen LogP contribution in [0, 0.1) is 5.92 Å². The maximum atomic E-state index is 12.1. The van der Waals surface area contributed by atoms with E-state index in [1.165, 1.54) is 10.9 Å². The number of urea groups is 1. The summed E-state index contributed by atoms with van der Waals surface area (Å²) in [4.78, 5) is 24.9. The normalized spacial score (nSPS) is 18.2. The molecule has 7 nitrogen and oxygen atoms in total. The summed E-state index contributed by atoms with van der Waals surface area (Å²) in [6, 6.07) is 10.2. The van der Waals surface area contributed by atoms with Gasteiger partial charge < -0.3 is 20.5 Å². The van der Waals surface area contributed by atoms with E-state index in [2.05, 4.69) is 34.7 Å². The van der Waals surface area contributed by atoms with Crippen LogP contribution in [-0.2, 0) is 16.0 Å². The number of hydrogen-bond acceptors (Lipinski definition) is 4. The van der Waals surface area contributed by atoms with E-state index in [-0.39, 0.29) is 24.5 Å². The van der Waals surface area contributed by atoms with Crippen LogP contribution >= 0.6 is 0 Å². The molecule has 1 aliphatic heterocycles. The van der Waals surface area contributed by atoms with Crippen molar-refractivity contribution in [3.63, 3.8) is 0 Å². The zero-order chi connectivity index (χ0) is 20.2. The molecule has 3 N–H and O–H groups in total. The second kappa shape index (κ2) is 11.9. The average molecular weight is 387 g/mol. The number of carboxylic acid groups (broad SMARTS) is 1. The smallest absolute Gasteiger partial charge is 0.315 e. The molecule has 1 aromatic carbocycles. The molecule has 1 saturated heterocycles. The molecule has 0 spiro atoms. The number of fused-ring (bicyclic) bond motifs is 1. The van der Waals surface area contributed by atoms with Gasteiger partial charge in [0.15, 0.2) is 0 Å². The highest BCUT2D eigenvalue weighted by atomic mass is 16.5. The van der Waals surface area contributed by atoms with Gasteiger partial charge in [-0.3, -0.25) is 9.78 Å². The number of nitrogens with one attached hydrogen (secondary N) is 2. The fourth-order valence-electron chi connectivity index (χ4n) is 3.37. The van der Waals surface area contributed by atoms with E-state index in [1.807, 2.05) is 24.4 Å². The van der Waals surface area contributed by atoms with Gasteiger partial charge in [0, 0.05) is 24.0 Å². The highest BCUT2D eigenvalue weighted by molar-refractivity contribution is 5.81. The summed E-state index contributed by atoms with van der Waals surface area (Å²) in [5, 5.41) is 14.1. The van der Waals surface area contributed by atoms with E-state index < -0.39 is 0 Å². The first-order valence-corrected chi connectivity index (χ1v) is 9.72. The van der Waals surface area contributed by atoms with Crippen LogP contribution in [0.1, 0.15) is 31.7 Å². The molecule has 1 fully saturated rings. The number of ether oxygens (including phenoxy) is 1. The van der Waals surface area contributed by atoms with Gasteiger partial charge in [0.05, 0.1) is 24.8 Å². The molecule has 0 saturated carbocycles. The Bertz CT molecular complexity index is 748. The van der Waals surface area contributed by atoms with Crippen LogP contribution in [0.4, 0.5) is 4.79 Å². The third-order valence-electron chi connectivity index (χ3n) is 4.80. The van der Waals surface area contributed by atoms with Crippen molar-refractivity contribution in [1.82, 2.24) is 15.6 Å². The fraction of sp³-hybridized carbons (Fsp3) is 0.476. The van der Waals surface area contributed by atoms with Gasteiger partial charge in [-0.1, -0.05) is 38.0 Å². The molecule has 0 unspecified atom stereocenters. The Kier molecular flexibility index (Phi) is 9.21. The van der Waals surface area contributed by atoms with Crippen LogP contribution in [0.25, 0.3) is 10.9 Å². The standard InChI is InChI=1S/C20H27N3O2.CH2O2/c1-2-3-6-10-22-20(24)23-19-14-25-13-16(19)12-15-9-11-21-18-8-5-4-7-17(15)18;2-1-3/h4-5,7-9,11,16,19H,2-3,6,10,12-14H2,1H3,(H2,22,23,24);1H,(H,2,3)/t16-,19+;/m1./s1. The van der Waals surface area contributed by atoms with Crippen LogP contribution in [0.2, 0.25) is 0 Å². The van der Waals surface area contributed by atoms with Crippen molar-refractivity contribution in [1.29, 1.82) is 0 Å². The van der Waals surface area contributed by atoms with Gasteiger partial charge in [0.2, 0.25) is 0 Å². The molecule has 2 atom stereocenters. The highest BCUT2D eigenvalue weighted by Crippen LogP contribution is 2.24. The van der Waals surface area contributed by atoms with E-state index in [0.29, 0.717) is 13.2 Å². The predicted octanol–water partition coefficient (Wildman–Crippen LogP) is 2.98. The van der Waals surface area contributed by atoms with Crippen LogP contribution in [0.5, 0.6) is 0 Å². The largest absolute Gasteiger partial charge is 0.483 e. The fourth-order valence-corrected chi connectivity index (χ4v) is 3.37. The second-order valence-corrected chi connectivity index (χ2v) is 6.81. The number of carbonyl (C=O) groups excluding carboxylic acids is 1. The molecule has 7 heteroatoms. The minimum atomic E-state index is -0.250. The third-order valence-corrected chi connectivity index (χ3v) is 4.80. The number of carbonyl (C=O) groups is 2. The van der Waals surface area contributed by atoms with Crippen LogP contribution in [-0.4, -0.2) is 48.4 Å². The number of benzene rings is 1. The molecule has 2 amide bonds. The number of nitrogens with zero attached hydrogens (tertiary/aromatic N) is 1. The number of unbranched alkanes of at least 4 members (excludes halogenated alkanes) is 2. The van der Waals surface area contributed by atoms with Crippen molar-refractivity contribution in [3.05, 3.63) is 42.1 Å². The summed E-state index contributed by atoms with van der Waals surface area (Å²) in [6.07, 6.45) is 6.06. The Morgan fingerprint density at radius 3 is 2.86 bits per heavy atom. The summed E-state index contributed by atoms with van der Waals surface area (Å²) < 4.78 is 5.64. The zero-order valence-electron chi connectivity index (χ0n) is 16.3. The minimum absolute atomic E-state index is 0.0538. The van der Waals surface area contributed by atoms with Crippen molar-refractivity contribution in [2.75, 3.05) is 19.8 Å². The summed E-state index contributed by atoms with van der Waals surface area (Å²) >= 11 is 0. The van der Waals surface area contributed by atoms with E-state index in [4.69, 9.17) is 14.6 Å². The van der Waals surface area contributed by atoms with Crippen LogP contribution < -0.4 is 10.6 Å². The summed E-state index contributed by atoms with van der Waals surface area (Å²) in [7, 11) is 0. The topological polar surface area (TPSA) is 101 Å². The number of amides is 2. The summed E-state index contributed by atoms with van der Waals surface area (Å²) in [5.74, 6) is 0.284. The lowest BCUT2D eigenvalue weighted by molar-refractivity contribution is -0.122. The van der Waals surface area contributed by atoms with Gasteiger partial charge in [0.25, 0.3) is 6.47 Å². The van der Waals surface area contributed by atoms with Crippen molar-refractivity contribution in [2.45, 2.75) is 38.6 Å². The van der Waals surface area contributed by atoms with E-state index in [1.54, 1.807) is 0 Å². The molecule has 3 rings (SSSR count). The van der Waals surface area contributed by atoms with Gasteiger partial charge in [-0.2, -0.15) is 0 Å². The number of pyridine rings is 1. The lowest BCUT2D eigenvalue weighted by Crippen LogP contribution is -2.46. The van der Waals surface area contributed by atoms with Gasteiger partial charge in [-0.15, -0.1) is 0 Å². The van der Waals surface area contributed by atoms with Crippen molar-refractivity contribution in [2.24, 2.45) is 5.92 Å². The summed E-state index contributed by atoms with van der Waals surface area (Å²) in [6.45, 7) is 3.89. The molecule has 1 aromatic heterocycles. The molecule has 1 aliphatic rings. The first-order valence-electron chi connectivity index (χ1n) is 9.72. The van der Waals surface area contributed by atoms with Crippen LogP contribution in [0.15, 0.2) is 36.5 Å². The maximum absolute atomic E-state index is 12.1. The Morgan fingerprint density at radius 1 is 1.29 bits per heavy atom. The Labute approximate surface area is 165 Å². The van der Waals surface area contributed by atoms with Gasteiger partial charge in [-0.05, 0) is 30.5 Å². The quantitative estimate of drug-likeness (QED) is 0.501. The number of aromatic nitrogens is 1. The summed E-state index contributed by atoms with van der Waals surface area (Å²) in [5.41, 5.74) is 2.27. The third kappa shape index (κ3) is 6.49. The molecule has 0 aliphatic carbocycles. The highest BCUT2D eigenvalue weighted by Gasteiger charge is 2.30. The van der Waals surface area contributed by atoms with Gasteiger partial charge in [0.1, 0.15) is 0 Å². The number of para-hydroxylation sites is 1. The zero-order valence-corrected chi connectivity index (χ0v) is 16.3. The molecule has 0 bridgehead atoms. The Morgan fingerprint density at radius 2 is 2.07 bits per heavy atom. The van der Waals surface area contributed by atoms with Gasteiger partial charge >= 0.3 is 6.03 Å². The van der Waals surface area contributed by atoms with E-state index in [0.717, 1.165) is 37.7 Å². The van der Waals surface area contributed by atoms with Crippen molar-refractivity contribution < 1.29 is 19.4 Å². The van der Waals surface area contributed by atoms with Crippen molar-refractivity contribution >= 4 is 23.4 Å². The lowest BCUT2D eigenvalue weighted by atomic mass is 9.93. The Hall–Kier alpha value is -2.67. The number of rotatable bonds is 7. The first kappa shape index (κ1) is 21.6. The molecule has 2 aromatic rings. The second-order valence-electron chi connectivity index (χ2n) is 6.81. The monoisotopic (exact) mass is 387 g/mol. The molecule has 28 heavy (non-hydrogen) atoms. The number of hydrogen-bond donors (Lipinski definition) is 3. The molecular formula is C21H29N3O4.